The molecule has 0 radical (unpaired) electrons. The molecule has 0 bridgehead atoms. The fourth-order valence-corrected chi connectivity index (χ4v) is 4.03. The molecule has 0 saturated carbocycles. The van der Waals surface area contributed by atoms with Crippen LogP contribution in [-0.2, 0) is 13.0 Å². The van der Waals surface area contributed by atoms with Crippen molar-refractivity contribution < 1.29 is 0 Å². The first-order chi connectivity index (χ1) is 10.2. The number of likely N-dealkylation sites (tertiary alicyclic amines) is 1. The third-order valence-corrected chi connectivity index (χ3v) is 5.45. The maximum atomic E-state index is 5.58. The van der Waals surface area contributed by atoms with Gasteiger partial charge in [-0.1, -0.05) is 13.0 Å². The minimum absolute atomic E-state index is 0.745. The van der Waals surface area contributed by atoms with Crippen LogP contribution in [0.4, 0.5) is 0 Å². The smallest absolute Gasteiger partial charge is 0.0939 e. The van der Waals surface area contributed by atoms with Gasteiger partial charge in [-0.2, -0.15) is 0 Å². The van der Waals surface area contributed by atoms with Crippen molar-refractivity contribution in [2.75, 3.05) is 19.6 Å². The lowest BCUT2D eigenvalue weighted by Gasteiger charge is -2.30. The van der Waals surface area contributed by atoms with Gasteiger partial charge in [-0.05, 0) is 62.5 Å². The third kappa shape index (κ3) is 3.82. The second-order valence-corrected chi connectivity index (χ2v) is 7.38. The zero-order valence-electron chi connectivity index (χ0n) is 12.8. The number of piperidine rings is 1. The van der Waals surface area contributed by atoms with E-state index in [1.807, 2.05) is 11.3 Å². The first kappa shape index (κ1) is 14.9. The Kier molecular flexibility index (Phi) is 4.88. The van der Waals surface area contributed by atoms with E-state index >= 15 is 0 Å². The highest BCUT2D eigenvalue weighted by Crippen LogP contribution is 2.25. The van der Waals surface area contributed by atoms with E-state index in [9.17, 15) is 0 Å². The molecule has 3 nitrogen and oxygen atoms in total. The van der Waals surface area contributed by atoms with Crippen molar-refractivity contribution in [3.63, 3.8) is 0 Å². The van der Waals surface area contributed by atoms with Crippen molar-refractivity contribution in [2.24, 2.45) is 11.7 Å². The molecule has 3 rings (SSSR count). The maximum absolute atomic E-state index is 5.58. The molecule has 2 aromatic rings. The number of aryl methyl sites for hydroxylation is 1. The van der Waals surface area contributed by atoms with Crippen LogP contribution >= 0.6 is 11.3 Å². The second-order valence-electron chi connectivity index (χ2n) is 6.26. The molecule has 0 atom stereocenters. The van der Waals surface area contributed by atoms with Crippen molar-refractivity contribution in [3.05, 3.63) is 28.8 Å². The number of rotatable bonds is 5. The zero-order chi connectivity index (χ0) is 14.7. The highest BCUT2D eigenvalue weighted by Gasteiger charge is 2.16. The molecule has 2 heterocycles. The van der Waals surface area contributed by atoms with Crippen molar-refractivity contribution in [1.29, 1.82) is 0 Å². The summed E-state index contributed by atoms with van der Waals surface area (Å²) in [5.41, 5.74) is 8.14. The van der Waals surface area contributed by atoms with Crippen LogP contribution in [0.25, 0.3) is 10.2 Å². The molecule has 1 saturated heterocycles. The maximum Gasteiger partial charge on any atom is 0.0939 e. The first-order valence-electron chi connectivity index (χ1n) is 8.05. The summed E-state index contributed by atoms with van der Waals surface area (Å²) in [5, 5.41) is 1.22. The number of nitrogens with two attached hydrogens (primary N) is 1. The molecule has 4 heteroatoms. The van der Waals surface area contributed by atoms with E-state index in [1.165, 1.54) is 41.2 Å². The summed E-state index contributed by atoms with van der Waals surface area (Å²) in [5.74, 6) is 0.898. The average Bonchev–Trinajstić information content (AvgIpc) is 2.89. The first-order valence-corrected chi connectivity index (χ1v) is 8.87. The normalized spacial score (nSPS) is 17.6. The highest BCUT2D eigenvalue weighted by molar-refractivity contribution is 7.18. The lowest BCUT2D eigenvalue weighted by Crippen LogP contribution is -2.32. The summed E-state index contributed by atoms with van der Waals surface area (Å²) >= 11 is 1.83. The fourth-order valence-electron chi connectivity index (χ4n) is 2.95. The highest BCUT2D eigenvalue weighted by atomic mass is 32.1. The van der Waals surface area contributed by atoms with E-state index in [2.05, 4.69) is 30.0 Å². The molecule has 0 amide bonds. The van der Waals surface area contributed by atoms with E-state index in [4.69, 9.17) is 10.7 Å². The van der Waals surface area contributed by atoms with Crippen LogP contribution < -0.4 is 5.73 Å². The zero-order valence-corrected chi connectivity index (χ0v) is 13.7. The van der Waals surface area contributed by atoms with Gasteiger partial charge in [0.1, 0.15) is 0 Å². The summed E-state index contributed by atoms with van der Waals surface area (Å²) < 4.78 is 1.32. The Morgan fingerprint density at radius 2 is 2.14 bits per heavy atom. The molecule has 21 heavy (non-hydrogen) atoms. The van der Waals surface area contributed by atoms with E-state index < -0.39 is 0 Å². The predicted octanol–water partition coefficient (Wildman–Crippen LogP) is 3.42. The van der Waals surface area contributed by atoms with E-state index in [-0.39, 0.29) is 0 Å². The van der Waals surface area contributed by atoms with Gasteiger partial charge < -0.3 is 5.73 Å². The van der Waals surface area contributed by atoms with Gasteiger partial charge >= 0.3 is 0 Å². The second kappa shape index (κ2) is 6.86. The standard InChI is InChI=1S/C17H25N3S/c1-13-6-9-20(10-7-13)12-14-4-5-15-16(11-14)21-17(19-15)3-2-8-18/h4-5,11,13H,2-3,6-10,12,18H2,1H3. The van der Waals surface area contributed by atoms with Gasteiger partial charge in [-0.25, -0.2) is 4.98 Å². The number of aromatic nitrogens is 1. The monoisotopic (exact) mass is 303 g/mol. The Balaban J connectivity index is 1.68. The van der Waals surface area contributed by atoms with Gasteiger partial charge in [0.2, 0.25) is 0 Å². The van der Waals surface area contributed by atoms with Crippen molar-refractivity contribution in [3.8, 4) is 0 Å². The molecule has 114 valence electrons. The van der Waals surface area contributed by atoms with Crippen molar-refractivity contribution in [1.82, 2.24) is 9.88 Å². The Morgan fingerprint density at radius 1 is 1.33 bits per heavy atom. The lowest BCUT2D eigenvalue weighted by atomic mass is 9.99. The summed E-state index contributed by atoms with van der Waals surface area (Å²) in [7, 11) is 0. The molecule has 1 aliphatic rings. The van der Waals surface area contributed by atoms with Crippen LogP contribution in [0.3, 0.4) is 0 Å². The largest absolute Gasteiger partial charge is 0.330 e. The van der Waals surface area contributed by atoms with E-state index in [1.54, 1.807) is 0 Å². The quantitative estimate of drug-likeness (QED) is 0.920. The Labute approximate surface area is 131 Å². The van der Waals surface area contributed by atoms with Gasteiger partial charge in [0.05, 0.1) is 15.2 Å². The van der Waals surface area contributed by atoms with Crippen molar-refractivity contribution in [2.45, 2.75) is 39.2 Å². The molecule has 1 aromatic heterocycles. The minimum atomic E-state index is 0.745. The van der Waals surface area contributed by atoms with Crippen LogP contribution in [-0.4, -0.2) is 29.5 Å². The number of fused-ring (bicyclic) bond motifs is 1. The molecule has 0 spiro atoms. The predicted molar refractivity (Wildman–Crippen MR) is 90.7 cm³/mol. The molecular formula is C17H25N3S. The molecule has 1 aromatic carbocycles. The Morgan fingerprint density at radius 3 is 2.90 bits per heavy atom. The average molecular weight is 303 g/mol. The van der Waals surface area contributed by atoms with Gasteiger partial charge in [0, 0.05) is 13.0 Å². The number of hydrogen-bond acceptors (Lipinski definition) is 4. The number of benzene rings is 1. The van der Waals surface area contributed by atoms with Crippen LogP contribution in [0.2, 0.25) is 0 Å². The number of thiazole rings is 1. The fraction of sp³-hybridized carbons (Fsp3) is 0.588. The number of hydrogen-bond donors (Lipinski definition) is 1. The summed E-state index contributed by atoms with van der Waals surface area (Å²) in [4.78, 5) is 7.28. The van der Waals surface area contributed by atoms with Crippen LogP contribution in [0.5, 0.6) is 0 Å². The Hall–Kier alpha value is -0.970. The molecule has 0 unspecified atom stereocenters. The van der Waals surface area contributed by atoms with Gasteiger partial charge in [-0.3, -0.25) is 4.90 Å². The van der Waals surface area contributed by atoms with E-state index in [0.717, 1.165) is 37.4 Å². The van der Waals surface area contributed by atoms with E-state index in [0.29, 0.717) is 0 Å². The molecule has 1 fully saturated rings. The summed E-state index contributed by atoms with van der Waals surface area (Å²) in [6.07, 6.45) is 4.71. The third-order valence-electron chi connectivity index (χ3n) is 4.37. The topological polar surface area (TPSA) is 42.2 Å². The summed E-state index contributed by atoms with van der Waals surface area (Å²) in [6, 6.07) is 6.75. The van der Waals surface area contributed by atoms with Gasteiger partial charge in [-0.15, -0.1) is 11.3 Å². The SMILES string of the molecule is CC1CCN(Cc2ccc3nc(CCCN)sc3c2)CC1. The van der Waals surface area contributed by atoms with Crippen molar-refractivity contribution >= 4 is 21.6 Å². The molecule has 2 N–H and O–H groups in total. The molecule has 1 aliphatic heterocycles. The molecular weight excluding hydrogens is 278 g/mol. The van der Waals surface area contributed by atoms with Gasteiger partial charge in [0.15, 0.2) is 0 Å². The number of nitrogens with zero attached hydrogens (tertiary/aromatic N) is 2. The lowest BCUT2D eigenvalue weighted by molar-refractivity contribution is 0.185. The van der Waals surface area contributed by atoms with Gasteiger partial charge in [0.25, 0.3) is 0 Å². The van der Waals surface area contributed by atoms with Crippen LogP contribution in [0.15, 0.2) is 18.2 Å². The van der Waals surface area contributed by atoms with Crippen LogP contribution in [0.1, 0.15) is 36.8 Å². The minimum Gasteiger partial charge on any atom is -0.330 e. The summed E-state index contributed by atoms with van der Waals surface area (Å²) in [6.45, 7) is 6.67. The molecule has 0 aliphatic carbocycles. The van der Waals surface area contributed by atoms with Crippen LogP contribution in [0, 0.1) is 5.92 Å². The Bertz CT molecular complexity index is 585.